The van der Waals surface area contributed by atoms with E-state index in [-0.39, 0.29) is 0 Å². The third-order valence-corrected chi connectivity index (χ3v) is 4.46. The number of methoxy groups -OCH3 is 1. The Morgan fingerprint density at radius 2 is 2.04 bits per heavy atom. The molecule has 5 nitrogen and oxygen atoms in total. The number of nitrogens with zero attached hydrogens (tertiary/aromatic N) is 1. The van der Waals surface area contributed by atoms with Crippen LogP contribution in [0, 0.1) is 0 Å². The summed E-state index contributed by atoms with van der Waals surface area (Å²) >= 11 is 0. The molecule has 0 aromatic heterocycles. The number of ether oxygens (including phenoxy) is 2. The van der Waals surface area contributed by atoms with Gasteiger partial charge in [-0.1, -0.05) is 30.3 Å². The van der Waals surface area contributed by atoms with Gasteiger partial charge in [0.15, 0.2) is 5.60 Å². The van der Waals surface area contributed by atoms with Crippen LogP contribution in [-0.4, -0.2) is 43.2 Å². The molecule has 5 heteroatoms. The van der Waals surface area contributed by atoms with Gasteiger partial charge in [-0.05, 0) is 23.9 Å². The summed E-state index contributed by atoms with van der Waals surface area (Å²) in [7, 11) is 1.68. The molecule has 2 aromatic carbocycles. The molecule has 0 saturated carbocycles. The van der Waals surface area contributed by atoms with Crippen LogP contribution in [-0.2, 0) is 16.1 Å². The second-order valence-electron chi connectivity index (χ2n) is 6.13. The van der Waals surface area contributed by atoms with Crippen LogP contribution >= 0.6 is 0 Å². The van der Waals surface area contributed by atoms with Crippen molar-refractivity contribution in [2.45, 2.75) is 19.1 Å². The average molecular weight is 314 g/mol. The van der Waals surface area contributed by atoms with Gasteiger partial charge in [0.05, 0.1) is 13.7 Å². The topological polar surface area (TPSA) is 64.8 Å². The number of carbonyl (C=O) groups excluding carboxylic acids is 1. The van der Waals surface area contributed by atoms with Crippen molar-refractivity contribution in [2.75, 3.05) is 26.8 Å². The normalized spacial score (nSPS) is 22.2. The Bertz CT molecular complexity index is 731. The van der Waals surface area contributed by atoms with Crippen molar-refractivity contribution in [3.8, 4) is 5.75 Å². The van der Waals surface area contributed by atoms with E-state index in [1.54, 1.807) is 14.0 Å². The van der Waals surface area contributed by atoms with Gasteiger partial charge in [0.2, 0.25) is 0 Å². The Kier molecular flexibility index (Phi) is 4.24. The van der Waals surface area contributed by atoms with E-state index in [0.29, 0.717) is 13.2 Å². The standard InChI is InChI=1S/C18H22N2O3/c1-18(17(19)21)12-20(9-10-23-18)11-13-7-8-16(22-2)15-6-4-3-5-14(13)15/h3-8H,9-12H2,1-2H3,(H2,19,21). The van der Waals surface area contributed by atoms with Crippen molar-refractivity contribution in [3.63, 3.8) is 0 Å². The molecule has 0 spiro atoms. The van der Waals surface area contributed by atoms with E-state index >= 15 is 0 Å². The number of benzene rings is 2. The van der Waals surface area contributed by atoms with Crippen molar-refractivity contribution in [2.24, 2.45) is 5.73 Å². The van der Waals surface area contributed by atoms with Crippen LogP contribution in [0.2, 0.25) is 0 Å². The van der Waals surface area contributed by atoms with Gasteiger partial charge < -0.3 is 15.2 Å². The fourth-order valence-corrected chi connectivity index (χ4v) is 3.13. The zero-order chi connectivity index (χ0) is 16.4. The largest absolute Gasteiger partial charge is 0.496 e. The highest BCUT2D eigenvalue weighted by Gasteiger charge is 2.37. The molecule has 1 fully saturated rings. The summed E-state index contributed by atoms with van der Waals surface area (Å²) < 4.78 is 11.0. The number of fused-ring (bicyclic) bond motifs is 1. The number of nitrogens with two attached hydrogens (primary N) is 1. The average Bonchev–Trinajstić information content (AvgIpc) is 2.55. The first-order chi connectivity index (χ1) is 11.0. The van der Waals surface area contributed by atoms with Crippen molar-refractivity contribution >= 4 is 16.7 Å². The fraction of sp³-hybridized carbons (Fsp3) is 0.389. The highest BCUT2D eigenvalue weighted by molar-refractivity contribution is 5.91. The third-order valence-electron chi connectivity index (χ3n) is 4.46. The lowest BCUT2D eigenvalue weighted by atomic mass is 10.0. The molecule has 1 aliphatic rings. The van der Waals surface area contributed by atoms with Crippen LogP contribution in [0.25, 0.3) is 10.8 Å². The molecule has 1 saturated heterocycles. The zero-order valence-corrected chi connectivity index (χ0v) is 13.5. The summed E-state index contributed by atoms with van der Waals surface area (Å²) in [4.78, 5) is 13.8. The number of morpholine rings is 1. The molecule has 122 valence electrons. The molecule has 1 amide bonds. The predicted octanol–water partition coefficient (Wildman–Crippen LogP) is 1.92. The highest BCUT2D eigenvalue weighted by atomic mass is 16.5. The molecule has 2 aromatic rings. The minimum Gasteiger partial charge on any atom is -0.496 e. The highest BCUT2D eigenvalue weighted by Crippen LogP contribution is 2.30. The van der Waals surface area contributed by atoms with Crippen LogP contribution in [0.15, 0.2) is 36.4 Å². The van der Waals surface area contributed by atoms with Crippen LogP contribution < -0.4 is 10.5 Å². The molecule has 2 N–H and O–H groups in total. The van der Waals surface area contributed by atoms with Crippen LogP contribution in [0.4, 0.5) is 0 Å². The first-order valence-corrected chi connectivity index (χ1v) is 7.74. The SMILES string of the molecule is COc1ccc(CN2CCOC(C)(C(N)=O)C2)c2ccccc12. The number of rotatable bonds is 4. The van der Waals surface area contributed by atoms with Gasteiger partial charge in [-0.15, -0.1) is 0 Å². The van der Waals surface area contributed by atoms with Gasteiger partial charge in [-0.3, -0.25) is 9.69 Å². The molecule has 1 heterocycles. The Labute approximate surface area is 136 Å². The second-order valence-corrected chi connectivity index (χ2v) is 6.13. The summed E-state index contributed by atoms with van der Waals surface area (Å²) in [5.41, 5.74) is 5.77. The lowest BCUT2D eigenvalue weighted by Gasteiger charge is -2.38. The van der Waals surface area contributed by atoms with E-state index in [0.717, 1.165) is 24.2 Å². The van der Waals surface area contributed by atoms with Gasteiger partial charge in [0.1, 0.15) is 5.75 Å². The minimum atomic E-state index is -0.916. The molecular weight excluding hydrogens is 292 g/mol. The van der Waals surface area contributed by atoms with E-state index in [9.17, 15) is 4.79 Å². The monoisotopic (exact) mass is 314 g/mol. The smallest absolute Gasteiger partial charge is 0.250 e. The number of carbonyl (C=O) groups is 1. The summed E-state index contributed by atoms with van der Waals surface area (Å²) in [5.74, 6) is 0.454. The van der Waals surface area contributed by atoms with Crippen molar-refractivity contribution in [1.82, 2.24) is 4.90 Å². The van der Waals surface area contributed by atoms with E-state index < -0.39 is 11.5 Å². The zero-order valence-electron chi connectivity index (χ0n) is 13.5. The van der Waals surface area contributed by atoms with Gasteiger partial charge in [0.25, 0.3) is 5.91 Å². The lowest BCUT2D eigenvalue weighted by Crippen LogP contribution is -2.56. The number of primary amides is 1. The first-order valence-electron chi connectivity index (χ1n) is 7.74. The fourth-order valence-electron chi connectivity index (χ4n) is 3.13. The number of hydrogen-bond acceptors (Lipinski definition) is 4. The molecule has 1 atom stereocenters. The van der Waals surface area contributed by atoms with E-state index in [4.69, 9.17) is 15.2 Å². The summed E-state index contributed by atoms with van der Waals surface area (Å²) in [6, 6.07) is 12.3. The maximum atomic E-state index is 11.6. The van der Waals surface area contributed by atoms with Crippen molar-refractivity contribution in [3.05, 3.63) is 42.0 Å². The Morgan fingerprint density at radius 3 is 2.74 bits per heavy atom. The summed E-state index contributed by atoms with van der Waals surface area (Å²) in [5, 5.41) is 2.26. The quantitative estimate of drug-likeness (QED) is 0.936. The molecule has 0 bridgehead atoms. The van der Waals surface area contributed by atoms with Gasteiger partial charge >= 0.3 is 0 Å². The van der Waals surface area contributed by atoms with Gasteiger partial charge in [-0.2, -0.15) is 0 Å². The molecule has 0 aliphatic carbocycles. The van der Waals surface area contributed by atoms with Gasteiger partial charge in [-0.25, -0.2) is 0 Å². The molecule has 1 aliphatic heterocycles. The second kappa shape index (κ2) is 6.18. The summed E-state index contributed by atoms with van der Waals surface area (Å²) in [6.45, 7) is 4.30. The van der Waals surface area contributed by atoms with E-state index in [1.165, 1.54) is 10.9 Å². The molecule has 0 radical (unpaired) electrons. The third kappa shape index (κ3) is 3.02. The molecular formula is C18H22N2O3. The molecule has 1 unspecified atom stereocenters. The van der Waals surface area contributed by atoms with E-state index in [2.05, 4.69) is 23.1 Å². The minimum absolute atomic E-state index is 0.415. The van der Waals surface area contributed by atoms with Crippen LogP contribution in [0.1, 0.15) is 12.5 Å². The lowest BCUT2D eigenvalue weighted by molar-refractivity contribution is -0.153. The van der Waals surface area contributed by atoms with E-state index in [1.807, 2.05) is 18.2 Å². The predicted molar refractivity (Wildman–Crippen MR) is 89.3 cm³/mol. The maximum absolute atomic E-state index is 11.6. The molecule has 3 rings (SSSR count). The Morgan fingerprint density at radius 1 is 1.30 bits per heavy atom. The molecule has 23 heavy (non-hydrogen) atoms. The van der Waals surface area contributed by atoms with Crippen molar-refractivity contribution in [1.29, 1.82) is 0 Å². The van der Waals surface area contributed by atoms with Crippen LogP contribution in [0.5, 0.6) is 5.75 Å². The number of hydrogen-bond donors (Lipinski definition) is 1. The Balaban J connectivity index is 1.89. The summed E-state index contributed by atoms with van der Waals surface area (Å²) in [6.07, 6.45) is 0. The van der Waals surface area contributed by atoms with Gasteiger partial charge in [0, 0.05) is 25.0 Å². The maximum Gasteiger partial charge on any atom is 0.250 e. The Hall–Kier alpha value is -2.11. The number of amides is 1. The first kappa shape index (κ1) is 15.8. The van der Waals surface area contributed by atoms with Crippen molar-refractivity contribution < 1.29 is 14.3 Å². The van der Waals surface area contributed by atoms with Crippen LogP contribution in [0.3, 0.4) is 0 Å².